The number of unbranched alkanes of at least 4 members (excludes halogenated alkanes) is 4. The quantitative estimate of drug-likeness (QED) is 0.371. The Balaban J connectivity index is 3.72. The fourth-order valence-electron chi connectivity index (χ4n) is 1.25. The fraction of sp³-hybridized carbons (Fsp3) is 0.583. The van der Waals surface area contributed by atoms with E-state index in [4.69, 9.17) is 5.11 Å². The molecule has 0 aliphatic heterocycles. The number of ketones is 2. The highest BCUT2D eigenvalue weighted by Crippen LogP contribution is 2.05. The first-order chi connectivity index (χ1) is 7.57. The summed E-state index contributed by atoms with van der Waals surface area (Å²) in [4.78, 5) is 32.4. The molecule has 0 fully saturated rings. The number of carbonyl (C=O) groups is 3. The summed E-state index contributed by atoms with van der Waals surface area (Å²) in [6, 6.07) is 0. The molecule has 4 heteroatoms. The molecule has 0 heterocycles. The van der Waals surface area contributed by atoms with Gasteiger partial charge in [0.15, 0.2) is 0 Å². The van der Waals surface area contributed by atoms with Crippen LogP contribution in [0.1, 0.15) is 45.4 Å². The summed E-state index contributed by atoms with van der Waals surface area (Å²) in [7, 11) is 0. The van der Waals surface area contributed by atoms with E-state index < -0.39 is 17.5 Å². The number of carbonyl (C=O) groups excluding carboxylic acids is 2. The molecular formula is C12H18O4. The van der Waals surface area contributed by atoms with E-state index in [1.165, 1.54) is 0 Å². The van der Waals surface area contributed by atoms with Crippen LogP contribution in [0, 0.1) is 0 Å². The molecule has 0 aromatic carbocycles. The summed E-state index contributed by atoms with van der Waals surface area (Å²) in [6.45, 7) is 2.10. The van der Waals surface area contributed by atoms with E-state index in [0.29, 0.717) is 12.5 Å². The highest BCUT2D eigenvalue weighted by atomic mass is 16.4. The van der Waals surface area contributed by atoms with Gasteiger partial charge in [-0.05, 0) is 12.5 Å². The smallest absolute Gasteiger partial charge is 0.328 e. The minimum Gasteiger partial charge on any atom is -0.478 e. The number of hydrogen-bond donors (Lipinski definition) is 1. The fourth-order valence-corrected chi connectivity index (χ4v) is 1.25. The predicted molar refractivity (Wildman–Crippen MR) is 60.2 cm³/mol. The molecule has 0 rings (SSSR count). The molecule has 0 saturated heterocycles. The maximum absolute atomic E-state index is 11.2. The molecule has 0 bridgehead atoms. The SMILES string of the molecule is CCCCCCCC(=O)C(=O)C=CC(=O)O. The van der Waals surface area contributed by atoms with Crippen LogP contribution in [0.15, 0.2) is 12.2 Å². The first-order valence-electron chi connectivity index (χ1n) is 5.56. The maximum Gasteiger partial charge on any atom is 0.328 e. The molecule has 16 heavy (non-hydrogen) atoms. The third-order valence-corrected chi connectivity index (χ3v) is 2.16. The Kier molecular flexibility index (Phi) is 8.03. The second-order valence-electron chi connectivity index (χ2n) is 3.62. The van der Waals surface area contributed by atoms with Crippen molar-refractivity contribution in [2.75, 3.05) is 0 Å². The van der Waals surface area contributed by atoms with Gasteiger partial charge < -0.3 is 5.11 Å². The van der Waals surface area contributed by atoms with Gasteiger partial charge in [0.25, 0.3) is 0 Å². The van der Waals surface area contributed by atoms with E-state index in [1.54, 1.807) is 0 Å². The molecule has 90 valence electrons. The normalized spacial score (nSPS) is 10.6. The maximum atomic E-state index is 11.2. The van der Waals surface area contributed by atoms with Crippen LogP contribution in [0.4, 0.5) is 0 Å². The summed E-state index contributed by atoms with van der Waals surface area (Å²) < 4.78 is 0. The van der Waals surface area contributed by atoms with Gasteiger partial charge in [0, 0.05) is 12.5 Å². The first-order valence-corrected chi connectivity index (χ1v) is 5.56. The van der Waals surface area contributed by atoms with E-state index in [1.807, 2.05) is 0 Å². The predicted octanol–water partition coefficient (Wildman–Crippen LogP) is 2.13. The van der Waals surface area contributed by atoms with Crippen LogP contribution in [0.25, 0.3) is 0 Å². The van der Waals surface area contributed by atoms with Gasteiger partial charge in [0.1, 0.15) is 0 Å². The summed E-state index contributed by atoms with van der Waals surface area (Å²) in [6.07, 6.45) is 6.71. The largest absolute Gasteiger partial charge is 0.478 e. The van der Waals surface area contributed by atoms with E-state index in [-0.39, 0.29) is 6.42 Å². The van der Waals surface area contributed by atoms with Crippen LogP contribution in [-0.2, 0) is 14.4 Å². The third kappa shape index (κ3) is 7.91. The average Bonchev–Trinajstić information content (AvgIpc) is 2.25. The molecule has 0 aliphatic carbocycles. The second kappa shape index (κ2) is 8.83. The second-order valence-corrected chi connectivity index (χ2v) is 3.62. The Morgan fingerprint density at radius 2 is 1.62 bits per heavy atom. The van der Waals surface area contributed by atoms with Gasteiger partial charge in [-0.1, -0.05) is 32.6 Å². The highest BCUT2D eigenvalue weighted by molar-refractivity contribution is 6.41. The Morgan fingerprint density at radius 1 is 1.00 bits per heavy atom. The summed E-state index contributed by atoms with van der Waals surface area (Å²) in [5.41, 5.74) is 0. The molecule has 0 amide bonds. The minimum absolute atomic E-state index is 0.215. The average molecular weight is 226 g/mol. The number of carboxylic acid groups (broad SMARTS) is 1. The molecular weight excluding hydrogens is 208 g/mol. The van der Waals surface area contributed by atoms with E-state index in [9.17, 15) is 14.4 Å². The number of hydrogen-bond acceptors (Lipinski definition) is 3. The number of aliphatic carboxylic acids is 1. The lowest BCUT2D eigenvalue weighted by atomic mass is 10.1. The number of allylic oxidation sites excluding steroid dienone is 1. The van der Waals surface area contributed by atoms with E-state index in [2.05, 4.69) is 6.92 Å². The molecule has 0 saturated carbocycles. The lowest BCUT2D eigenvalue weighted by Gasteiger charge is -1.97. The molecule has 0 unspecified atom stereocenters. The minimum atomic E-state index is -1.22. The lowest BCUT2D eigenvalue weighted by Crippen LogP contribution is -2.11. The van der Waals surface area contributed by atoms with Crippen LogP contribution in [0.2, 0.25) is 0 Å². The monoisotopic (exact) mass is 226 g/mol. The van der Waals surface area contributed by atoms with Gasteiger partial charge in [0.2, 0.25) is 11.6 Å². The Morgan fingerprint density at radius 3 is 2.19 bits per heavy atom. The van der Waals surface area contributed by atoms with E-state index in [0.717, 1.165) is 31.8 Å². The zero-order chi connectivity index (χ0) is 12.4. The Labute approximate surface area is 95.3 Å². The summed E-state index contributed by atoms with van der Waals surface area (Å²) in [5.74, 6) is -2.45. The van der Waals surface area contributed by atoms with Crippen molar-refractivity contribution in [3.05, 3.63) is 12.2 Å². The van der Waals surface area contributed by atoms with Crippen molar-refractivity contribution in [3.63, 3.8) is 0 Å². The van der Waals surface area contributed by atoms with Gasteiger partial charge in [0.05, 0.1) is 0 Å². The van der Waals surface area contributed by atoms with Gasteiger partial charge in [-0.3, -0.25) is 9.59 Å². The van der Waals surface area contributed by atoms with Crippen molar-refractivity contribution in [2.24, 2.45) is 0 Å². The van der Waals surface area contributed by atoms with Gasteiger partial charge in [-0.15, -0.1) is 0 Å². The molecule has 4 nitrogen and oxygen atoms in total. The van der Waals surface area contributed by atoms with Crippen LogP contribution < -0.4 is 0 Å². The van der Waals surface area contributed by atoms with Crippen molar-refractivity contribution >= 4 is 17.5 Å². The summed E-state index contributed by atoms with van der Waals surface area (Å²) in [5, 5.41) is 8.27. The zero-order valence-electron chi connectivity index (χ0n) is 9.57. The van der Waals surface area contributed by atoms with Crippen LogP contribution in [0.5, 0.6) is 0 Å². The first kappa shape index (κ1) is 14.6. The van der Waals surface area contributed by atoms with Crippen LogP contribution in [-0.4, -0.2) is 22.6 Å². The molecule has 0 aromatic heterocycles. The van der Waals surface area contributed by atoms with Gasteiger partial charge in [-0.25, -0.2) is 4.79 Å². The molecule has 0 atom stereocenters. The van der Waals surface area contributed by atoms with Crippen molar-refractivity contribution in [1.82, 2.24) is 0 Å². The Hall–Kier alpha value is -1.45. The molecule has 1 N–H and O–H groups in total. The van der Waals surface area contributed by atoms with Gasteiger partial charge >= 0.3 is 5.97 Å². The standard InChI is InChI=1S/C12H18O4/c1-2-3-4-5-6-7-10(13)11(14)8-9-12(15)16/h8-9H,2-7H2,1H3,(H,15,16). The third-order valence-electron chi connectivity index (χ3n) is 2.16. The van der Waals surface area contributed by atoms with Crippen molar-refractivity contribution in [3.8, 4) is 0 Å². The molecule has 0 aromatic rings. The number of carboxylic acids is 1. The van der Waals surface area contributed by atoms with Crippen molar-refractivity contribution in [2.45, 2.75) is 45.4 Å². The molecule has 0 spiro atoms. The zero-order valence-corrected chi connectivity index (χ0v) is 9.57. The van der Waals surface area contributed by atoms with Gasteiger partial charge in [-0.2, -0.15) is 0 Å². The highest BCUT2D eigenvalue weighted by Gasteiger charge is 2.09. The summed E-state index contributed by atoms with van der Waals surface area (Å²) >= 11 is 0. The van der Waals surface area contributed by atoms with Crippen molar-refractivity contribution < 1.29 is 19.5 Å². The van der Waals surface area contributed by atoms with Crippen LogP contribution >= 0.6 is 0 Å². The van der Waals surface area contributed by atoms with Crippen LogP contribution in [0.3, 0.4) is 0 Å². The molecule has 0 aliphatic rings. The lowest BCUT2D eigenvalue weighted by molar-refractivity contribution is -0.134. The van der Waals surface area contributed by atoms with E-state index >= 15 is 0 Å². The number of Topliss-reactive ketones (excluding diaryl/α,β-unsaturated/α-hetero) is 1. The molecule has 0 radical (unpaired) electrons. The van der Waals surface area contributed by atoms with Crippen molar-refractivity contribution in [1.29, 1.82) is 0 Å². The number of rotatable bonds is 9. The Bertz CT molecular complexity index is 279. The topological polar surface area (TPSA) is 71.4 Å².